The molecule has 1 aromatic carbocycles. The molecule has 2 aromatic rings. The number of H-pyrrole nitrogens is 1. The van der Waals surface area contributed by atoms with Crippen LogP contribution in [0.25, 0.3) is 0 Å². The van der Waals surface area contributed by atoms with E-state index >= 15 is 0 Å². The van der Waals surface area contributed by atoms with Gasteiger partial charge in [0.1, 0.15) is 5.60 Å². The van der Waals surface area contributed by atoms with Crippen molar-refractivity contribution in [1.82, 2.24) is 15.1 Å². The summed E-state index contributed by atoms with van der Waals surface area (Å²) in [5, 5.41) is 21.3. The Morgan fingerprint density at radius 3 is 2.73 bits per heavy atom. The van der Waals surface area contributed by atoms with Crippen LogP contribution in [0, 0.1) is 17.2 Å². The van der Waals surface area contributed by atoms with E-state index in [1.807, 2.05) is 27.0 Å². The lowest BCUT2D eigenvalue weighted by molar-refractivity contribution is 0.0194. The number of rotatable bonds is 2. The number of carbonyl (C=O) groups is 1. The second kappa shape index (κ2) is 8.26. The average molecular weight is 446 g/mol. The first kappa shape index (κ1) is 21.6. The topological polar surface area (TPSA) is 94.0 Å². The number of nitriles is 1. The normalized spacial score (nSPS) is 20.7. The number of nitrogens with zero attached hydrogens (tertiary/aromatic N) is 3. The quantitative estimate of drug-likeness (QED) is 0.687. The summed E-state index contributed by atoms with van der Waals surface area (Å²) in [7, 11) is 0. The van der Waals surface area contributed by atoms with Gasteiger partial charge >= 0.3 is 6.09 Å². The molecule has 1 aliphatic carbocycles. The molecule has 1 unspecified atom stereocenters. The zero-order chi connectivity index (χ0) is 23.2. The molecule has 3 heterocycles. The number of benzene rings is 1. The molecule has 1 saturated heterocycles. The minimum Gasteiger partial charge on any atom is -0.444 e. The second-order valence-corrected chi connectivity index (χ2v) is 10.3. The summed E-state index contributed by atoms with van der Waals surface area (Å²) in [5.74, 6) is 0.860. The Bertz CT molecular complexity index is 1140. The van der Waals surface area contributed by atoms with Crippen LogP contribution in [0.1, 0.15) is 68.2 Å². The summed E-state index contributed by atoms with van der Waals surface area (Å²) in [6.45, 7) is 6.88. The van der Waals surface area contributed by atoms with Crippen LogP contribution in [0.4, 0.5) is 10.6 Å². The molecule has 1 fully saturated rings. The Morgan fingerprint density at radius 2 is 2.00 bits per heavy atom. The first-order valence-corrected chi connectivity index (χ1v) is 11.9. The Hall–Kier alpha value is -3.27. The first-order chi connectivity index (χ1) is 15.9. The maximum atomic E-state index is 12.5. The minimum atomic E-state index is -0.505. The van der Waals surface area contributed by atoms with Gasteiger partial charge in [0.05, 0.1) is 17.6 Å². The van der Waals surface area contributed by atoms with Crippen molar-refractivity contribution in [1.29, 1.82) is 5.26 Å². The molecule has 1 amide bonds. The van der Waals surface area contributed by atoms with Crippen LogP contribution in [0.5, 0.6) is 0 Å². The molecule has 0 saturated carbocycles. The van der Waals surface area contributed by atoms with Gasteiger partial charge in [-0.1, -0.05) is 18.2 Å². The molecule has 5 rings (SSSR count). The maximum Gasteiger partial charge on any atom is 0.410 e. The number of amides is 1. The average Bonchev–Trinajstić information content (AvgIpc) is 3.46. The van der Waals surface area contributed by atoms with Crippen LogP contribution in [-0.4, -0.2) is 39.9 Å². The van der Waals surface area contributed by atoms with Crippen molar-refractivity contribution in [3.8, 4) is 6.07 Å². The van der Waals surface area contributed by atoms with Crippen molar-refractivity contribution in [2.45, 2.75) is 64.4 Å². The van der Waals surface area contributed by atoms with E-state index in [-0.39, 0.29) is 17.9 Å². The SMILES string of the molecule is CC(C)(C)OC(=O)N1CCC(C2=C(C#N)C(c3cccc4c3CCC4)c3c[nH]nc3N2)CC1. The van der Waals surface area contributed by atoms with Crippen LogP contribution in [0.2, 0.25) is 0 Å². The lowest BCUT2D eigenvalue weighted by Gasteiger charge is -2.37. The van der Waals surface area contributed by atoms with Gasteiger partial charge in [-0.2, -0.15) is 10.4 Å². The van der Waals surface area contributed by atoms with E-state index < -0.39 is 5.60 Å². The monoisotopic (exact) mass is 445 g/mol. The van der Waals surface area contributed by atoms with Gasteiger partial charge in [-0.3, -0.25) is 5.10 Å². The Morgan fingerprint density at radius 1 is 1.21 bits per heavy atom. The molecule has 7 heteroatoms. The summed E-state index contributed by atoms with van der Waals surface area (Å²) >= 11 is 0. The Balaban J connectivity index is 1.45. The molecule has 33 heavy (non-hydrogen) atoms. The molecule has 1 atom stereocenters. The summed E-state index contributed by atoms with van der Waals surface area (Å²) in [6, 6.07) is 9.07. The smallest absolute Gasteiger partial charge is 0.410 e. The number of aromatic amines is 1. The lowest BCUT2D eigenvalue weighted by Crippen LogP contribution is -2.42. The van der Waals surface area contributed by atoms with E-state index in [0.29, 0.717) is 13.1 Å². The summed E-state index contributed by atoms with van der Waals surface area (Å²) in [4.78, 5) is 14.3. The number of hydrogen-bond donors (Lipinski definition) is 2. The third-order valence-corrected chi connectivity index (χ3v) is 6.98. The van der Waals surface area contributed by atoms with Crippen molar-refractivity contribution in [2.24, 2.45) is 5.92 Å². The first-order valence-electron chi connectivity index (χ1n) is 11.9. The number of allylic oxidation sites excluding steroid dienone is 2. The van der Waals surface area contributed by atoms with Gasteiger partial charge in [-0.05, 0) is 69.6 Å². The van der Waals surface area contributed by atoms with Crippen molar-refractivity contribution < 1.29 is 9.53 Å². The molecule has 0 bridgehead atoms. The number of likely N-dealkylation sites (tertiary alicyclic amines) is 1. The van der Waals surface area contributed by atoms with E-state index in [4.69, 9.17) is 4.74 Å². The summed E-state index contributed by atoms with van der Waals surface area (Å²) in [5.41, 5.74) is 6.29. The fourth-order valence-electron chi connectivity index (χ4n) is 5.49. The third kappa shape index (κ3) is 3.99. The number of aromatic nitrogens is 2. The number of ether oxygens (including phenoxy) is 1. The maximum absolute atomic E-state index is 12.5. The highest BCUT2D eigenvalue weighted by molar-refractivity contribution is 5.69. The van der Waals surface area contributed by atoms with Gasteiger partial charge in [-0.15, -0.1) is 0 Å². The zero-order valence-corrected chi connectivity index (χ0v) is 19.6. The van der Waals surface area contributed by atoms with Gasteiger partial charge in [-0.25, -0.2) is 4.79 Å². The molecule has 2 N–H and O–H groups in total. The largest absolute Gasteiger partial charge is 0.444 e. The molecule has 172 valence electrons. The number of piperidine rings is 1. The van der Waals surface area contributed by atoms with Crippen LogP contribution in [-0.2, 0) is 17.6 Å². The van der Waals surface area contributed by atoms with E-state index in [9.17, 15) is 10.1 Å². The fraction of sp³-hybridized carbons (Fsp3) is 0.500. The fourth-order valence-corrected chi connectivity index (χ4v) is 5.49. The van der Waals surface area contributed by atoms with Crippen LogP contribution >= 0.6 is 0 Å². The van der Waals surface area contributed by atoms with E-state index in [1.54, 1.807) is 4.90 Å². The molecule has 7 nitrogen and oxygen atoms in total. The van der Waals surface area contributed by atoms with Crippen LogP contribution < -0.4 is 5.32 Å². The third-order valence-electron chi connectivity index (χ3n) is 6.98. The zero-order valence-electron chi connectivity index (χ0n) is 19.6. The van der Waals surface area contributed by atoms with Crippen molar-refractivity contribution in [2.75, 3.05) is 18.4 Å². The number of anilines is 1. The second-order valence-electron chi connectivity index (χ2n) is 10.3. The molecular formula is C26H31N5O2. The van der Waals surface area contributed by atoms with Crippen LogP contribution in [0.15, 0.2) is 35.7 Å². The molecule has 0 radical (unpaired) electrons. The number of hydrogen-bond acceptors (Lipinski definition) is 5. The predicted molar refractivity (Wildman–Crippen MR) is 126 cm³/mol. The van der Waals surface area contributed by atoms with Crippen molar-refractivity contribution in [3.63, 3.8) is 0 Å². The molecule has 2 aliphatic heterocycles. The molecule has 3 aliphatic rings. The predicted octanol–water partition coefficient (Wildman–Crippen LogP) is 4.88. The number of carbonyl (C=O) groups excluding carboxylic acids is 1. The highest BCUT2D eigenvalue weighted by Crippen LogP contribution is 2.46. The highest BCUT2D eigenvalue weighted by atomic mass is 16.6. The molecule has 0 spiro atoms. The number of fused-ring (bicyclic) bond motifs is 2. The number of aryl methyl sites for hydroxylation is 1. The summed E-state index contributed by atoms with van der Waals surface area (Å²) < 4.78 is 5.55. The highest BCUT2D eigenvalue weighted by Gasteiger charge is 2.37. The Kier molecular flexibility index (Phi) is 5.40. The lowest BCUT2D eigenvalue weighted by atomic mass is 9.77. The number of nitrogens with one attached hydrogen (secondary N) is 2. The summed E-state index contributed by atoms with van der Waals surface area (Å²) in [6.07, 6.45) is 6.55. The standard InChI is InChI=1S/C26H31N5O2/c1-26(2,3)33-25(32)31-12-10-17(11-13-31)23-20(14-27)22(21-15-28-30-24(21)29-23)19-9-5-7-16-6-4-8-18(16)19/h5,7,9,15,17,22H,4,6,8,10-13H2,1-3H3,(H2,28,29,30). The Labute approximate surface area is 194 Å². The van der Waals surface area contributed by atoms with Gasteiger partial charge in [0.25, 0.3) is 0 Å². The van der Waals surface area contributed by atoms with E-state index in [2.05, 4.69) is 39.8 Å². The molecular weight excluding hydrogens is 414 g/mol. The minimum absolute atomic E-state index is 0.114. The van der Waals surface area contributed by atoms with Gasteiger partial charge in [0, 0.05) is 36.5 Å². The van der Waals surface area contributed by atoms with Crippen molar-refractivity contribution in [3.05, 3.63) is 57.9 Å². The van der Waals surface area contributed by atoms with Gasteiger partial charge in [0.2, 0.25) is 0 Å². The molecule has 1 aromatic heterocycles. The van der Waals surface area contributed by atoms with Crippen molar-refractivity contribution >= 4 is 11.9 Å². The van der Waals surface area contributed by atoms with Gasteiger partial charge < -0.3 is 15.0 Å². The van der Waals surface area contributed by atoms with E-state index in [0.717, 1.165) is 54.8 Å². The van der Waals surface area contributed by atoms with Crippen LogP contribution in [0.3, 0.4) is 0 Å². The van der Waals surface area contributed by atoms with E-state index in [1.165, 1.54) is 16.7 Å². The van der Waals surface area contributed by atoms with Gasteiger partial charge in [0.15, 0.2) is 5.82 Å².